The van der Waals surface area contributed by atoms with E-state index in [2.05, 4.69) is 6.07 Å². The minimum absolute atomic E-state index is 0.303. The molecule has 0 saturated heterocycles. The van der Waals surface area contributed by atoms with Crippen LogP contribution in [0.3, 0.4) is 0 Å². The van der Waals surface area contributed by atoms with Gasteiger partial charge in [0.2, 0.25) is 5.60 Å². The Kier molecular flexibility index (Phi) is 2.51. The number of fused-ring (bicyclic) bond motifs is 1. The molecule has 3 heteroatoms. The van der Waals surface area contributed by atoms with Gasteiger partial charge in [0.05, 0.1) is 0 Å². The number of rotatable bonds is 1. The van der Waals surface area contributed by atoms with Gasteiger partial charge in [0, 0.05) is 6.42 Å². The average molecular weight is 217 g/mol. The minimum Gasteiger partial charge on any atom is -0.484 e. The Morgan fingerprint density at radius 3 is 2.50 bits per heavy atom. The first kappa shape index (κ1) is 10.8. The maximum absolute atomic E-state index is 9.17. The van der Waals surface area contributed by atoms with Gasteiger partial charge < -0.3 is 9.47 Å². The minimum atomic E-state index is -0.828. The second kappa shape index (κ2) is 3.71. The maximum Gasteiger partial charge on any atom is 0.227 e. The Bertz CT molecular complexity index is 462. The zero-order valence-electron chi connectivity index (χ0n) is 9.83. The molecule has 0 amide bonds. The molecule has 16 heavy (non-hydrogen) atoms. The zero-order valence-corrected chi connectivity index (χ0v) is 9.83. The van der Waals surface area contributed by atoms with Crippen LogP contribution in [-0.2, 0) is 0 Å². The summed E-state index contributed by atoms with van der Waals surface area (Å²) in [4.78, 5) is 0. The van der Waals surface area contributed by atoms with E-state index in [0.29, 0.717) is 13.0 Å². The van der Waals surface area contributed by atoms with Gasteiger partial charge in [0.15, 0.2) is 11.5 Å². The molecular formula is C13H15NO2. The molecule has 1 aromatic rings. The lowest BCUT2D eigenvalue weighted by molar-refractivity contribution is 0.0317. The predicted molar refractivity (Wildman–Crippen MR) is 60.7 cm³/mol. The van der Waals surface area contributed by atoms with Crippen LogP contribution in [0.2, 0.25) is 0 Å². The van der Waals surface area contributed by atoms with Crippen LogP contribution in [-0.4, -0.2) is 12.2 Å². The molecule has 1 atom stereocenters. The number of nitrogens with zero attached hydrogens (tertiary/aromatic N) is 1. The van der Waals surface area contributed by atoms with Crippen LogP contribution in [0.4, 0.5) is 0 Å². The average Bonchev–Trinajstić information content (AvgIpc) is 2.33. The van der Waals surface area contributed by atoms with E-state index in [1.54, 1.807) is 0 Å². The summed E-state index contributed by atoms with van der Waals surface area (Å²) in [6, 6.07) is 6.20. The van der Waals surface area contributed by atoms with Gasteiger partial charge in [-0.1, -0.05) is 19.1 Å². The summed E-state index contributed by atoms with van der Waals surface area (Å²) in [5, 5.41) is 9.17. The number of hydrogen-bond acceptors (Lipinski definition) is 3. The summed E-state index contributed by atoms with van der Waals surface area (Å²) in [7, 11) is 0. The lowest BCUT2D eigenvalue weighted by Crippen LogP contribution is -2.43. The smallest absolute Gasteiger partial charge is 0.227 e. The van der Waals surface area contributed by atoms with Crippen molar-refractivity contribution in [3.63, 3.8) is 0 Å². The lowest BCUT2D eigenvalue weighted by Gasteiger charge is -2.33. The van der Waals surface area contributed by atoms with E-state index in [-0.39, 0.29) is 0 Å². The first-order chi connectivity index (χ1) is 7.62. The molecule has 1 aliphatic heterocycles. The third-order valence-corrected chi connectivity index (χ3v) is 3.03. The number of hydrogen-bond donors (Lipinski definition) is 0. The quantitative estimate of drug-likeness (QED) is 0.726. The van der Waals surface area contributed by atoms with E-state index in [4.69, 9.17) is 9.47 Å². The number of benzene rings is 1. The molecular weight excluding hydrogens is 202 g/mol. The van der Waals surface area contributed by atoms with Gasteiger partial charge in [0.1, 0.15) is 12.7 Å². The lowest BCUT2D eigenvalue weighted by atomic mass is 10.0. The highest BCUT2D eigenvalue weighted by Gasteiger charge is 2.37. The van der Waals surface area contributed by atoms with E-state index in [1.165, 1.54) is 0 Å². The van der Waals surface area contributed by atoms with Crippen molar-refractivity contribution in [2.45, 2.75) is 32.8 Å². The van der Waals surface area contributed by atoms with Gasteiger partial charge in [-0.05, 0) is 25.0 Å². The van der Waals surface area contributed by atoms with Crippen LogP contribution >= 0.6 is 0 Å². The van der Waals surface area contributed by atoms with Crippen molar-refractivity contribution >= 4 is 0 Å². The van der Waals surface area contributed by atoms with Gasteiger partial charge in [0.25, 0.3) is 0 Å². The van der Waals surface area contributed by atoms with Gasteiger partial charge in [-0.3, -0.25) is 0 Å². The number of aryl methyl sites for hydroxylation is 2. The normalized spacial score (nSPS) is 22.6. The monoisotopic (exact) mass is 217 g/mol. The third-order valence-electron chi connectivity index (χ3n) is 3.03. The molecule has 0 N–H and O–H groups in total. The van der Waals surface area contributed by atoms with Crippen LogP contribution in [0, 0.1) is 25.2 Å². The topological polar surface area (TPSA) is 42.2 Å². The SMILES string of the molecule is CC[C@@]1(C#N)COc2c(C)ccc(C)c2O1. The fourth-order valence-electron chi connectivity index (χ4n) is 1.79. The first-order valence-corrected chi connectivity index (χ1v) is 5.45. The maximum atomic E-state index is 9.17. The highest BCUT2D eigenvalue weighted by molar-refractivity contribution is 5.52. The molecule has 0 fully saturated rings. The molecule has 0 radical (unpaired) electrons. The van der Waals surface area contributed by atoms with Crippen molar-refractivity contribution in [3.8, 4) is 17.6 Å². The Hall–Kier alpha value is -1.69. The zero-order chi connectivity index (χ0) is 11.8. The largest absolute Gasteiger partial charge is 0.484 e. The molecule has 0 aromatic heterocycles. The molecule has 84 valence electrons. The van der Waals surface area contributed by atoms with E-state index in [9.17, 15) is 5.26 Å². The summed E-state index contributed by atoms with van der Waals surface area (Å²) >= 11 is 0. The van der Waals surface area contributed by atoms with Crippen LogP contribution in [0.15, 0.2) is 12.1 Å². The van der Waals surface area contributed by atoms with Crippen LogP contribution in [0.25, 0.3) is 0 Å². The molecule has 0 aliphatic carbocycles. The molecule has 0 saturated carbocycles. The van der Waals surface area contributed by atoms with Gasteiger partial charge >= 0.3 is 0 Å². The molecule has 2 rings (SSSR count). The Morgan fingerprint density at radius 2 is 1.94 bits per heavy atom. The Morgan fingerprint density at radius 1 is 1.31 bits per heavy atom. The van der Waals surface area contributed by atoms with Crippen LogP contribution < -0.4 is 9.47 Å². The van der Waals surface area contributed by atoms with Crippen molar-refractivity contribution in [3.05, 3.63) is 23.3 Å². The Labute approximate surface area is 95.6 Å². The van der Waals surface area contributed by atoms with Crippen molar-refractivity contribution in [1.82, 2.24) is 0 Å². The van der Waals surface area contributed by atoms with Crippen LogP contribution in [0.1, 0.15) is 24.5 Å². The van der Waals surface area contributed by atoms with Gasteiger partial charge in [-0.15, -0.1) is 0 Å². The fourth-order valence-corrected chi connectivity index (χ4v) is 1.79. The first-order valence-electron chi connectivity index (χ1n) is 5.45. The van der Waals surface area contributed by atoms with Crippen molar-refractivity contribution < 1.29 is 9.47 Å². The van der Waals surface area contributed by atoms with E-state index >= 15 is 0 Å². The van der Waals surface area contributed by atoms with E-state index in [0.717, 1.165) is 22.6 Å². The number of ether oxygens (including phenoxy) is 2. The van der Waals surface area contributed by atoms with Crippen molar-refractivity contribution in [2.75, 3.05) is 6.61 Å². The van der Waals surface area contributed by atoms with E-state index < -0.39 is 5.60 Å². The number of nitriles is 1. The summed E-state index contributed by atoms with van der Waals surface area (Å²) < 4.78 is 11.5. The summed E-state index contributed by atoms with van der Waals surface area (Å²) in [6.07, 6.45) is 0.621. The molecule has 1 aliphatic rings. The molecule has 0 unspecified atom stereocenters. The second-order valence-electron chi connectivity index (χ2n) is 4.21. The molecule has 3 nitrogen and oxygen atoms in total. The Balaban J connectivity index is 2.48. The van der Waals surface area contributed by atoms with Crippen molar-refractivity contribution in [2.24, 2.45) is 0 Å². The summed E-state index contributed by atoms with van der Waals surface area (Å²) in [5.74, 6) is 1.49. The highest BCUT2D eigenvalue weighted by Crippen LogP contribution is 2.41. The summed E-state index contributed by atoms with van der Waals surface area (Å²) in [6.45, 7) is 6.18. The molecule has 0 bridgehead atoms. The van der Waals surface area contributed by atoms with Crippen molar-refractivity contribution in [1.29, 1.82) is 5.26 Å². The fraction of sp³-hybridized carbons (Fsp3) is 0.462. The summed E-state index contributed by atoms with van der Waals surface area (Å²) in [5.41, 5.74) is 1.22. The highest BCUT2D eigenvalue weighted by atomic mass is 16.6. The molecule has 1 heterocycles. The van der Waals surface area contributed by atoms with Gasteiger partial charge in [-0.25, -0.2) is 0 Å². The second-order valence-corrected chi connectivity index (χ2v) is 4.21. The standard InChI is InChI=1S/C13H15NO2/c1-4-13(7-14)8-15-11-9(2)5-6-10(3)12(11)16-13/h5-6H,4,8H2,1-3H3/t13-/m1/s1. The third kappa shape index (κ3) is 1.51. The predicted octanol–water partition coefficient (Wildman–Crippen LogP) is 2.75. The molecule has 0 spiro atoms. The van der Waals surface area contributed by atoms with Crippen LogP contribution in [0.5, 0.6) is 11.5 Å². The molecule has 1 aromatic carbocycles. The van der Waals surface area contributed by atoms with E-state index in [1.807, 2.05) is 32.9 Å². The van der Waals surface area contributed by atoms with Gasteiger partial charge in [-0.2, -0.15) is 5.26 Å².